The Morgan fingerprint density at radius 2 is 2.33 bits per heavy atom. The molecule has 82 valence electrons. The van der Waals surface area contributed by atoms with E-state index in [0.29, 0.717) is 5.25 Å². The summed E-state index contributed by atoms with van der Waals surface area (Å²) >= 11 is 1.91. The first-order chi connectivity index (χ1) is 7.22. The molecule has 1 nitrogen and oxygen atoms in total. The van der Waals surface area contributed by atoms with E-state index in [0.717, 1.165) is 13.1 Å². The van der Waals surface area contributed by atoms with Crippen LogP contribution in [0.3, 0.4) is 0 Å². The highest BCUT2D eigenvalue weighted by Crippen LogP contribution is 2.23. The van der Waals surface area contributed by atoms with Gasteiger partial charge in [0.15, 0.2) is 0 Å². The molecule has 0 radical (unpaired) electrons. The molecule has 0 aliphatic rings. The van der Waals surface area contributed by atoms with Crippen LogP contribution in [0.5, 0.6) is 0 Å². The molecular formula is C13H19NS. The Hall–Kier alpha value is -0.730. The summed E-state index contributed by atoms with van der Waals surface area (Å²) in [6.07, 6.45) is 1.89. The molecule has 1 atom stereocenters. The molecule has 0 aromatic heterocycles. The molecule has 1 aromatic carbocycles. The number of hydrogen-bond donors (Lipinski definition) is 1. The maximum Gasteiger partial charge on any atom is 0.0191 e. The highest BCUT2D eigenvalue weighted by Gasteiger charge is 2.03. The monoisotopic (exact) mass is 221 g/mol. The zero-order chi connectivity index (χ0) is 11.1. The smallest absolute Gasteiger partial charge is 0.0191 e. The number of benzene rings is 1. The fraction of sp³-hybridized carbons (Fsp3) is 0.385. The van der Waals surface area contributed by atoms with E-state index in [2.05, 4.69) is 50.0 Å². The fourth-order valence-corrected chi connectivity index (χ4v) is 2.43. The van der Waals surface area contributed by atoms with Gasteiger partial charge in [-0.1, -0.05) is 30.7 Å². The van der Waals surface area contributed by atoms with Crippen molar-refractivity contribution in [3.8, 4) is 0 Å². The van der Waals surface area contributed by atoms with Gasteiger partial charge in [-0.3, -0.25) is 0 Å². The minimum atomic E-state index is 0.590. The molecule has 1 unspecified atom stereocenters. The third kappa shape index (κ3) is 5.05. The van der Waals surface area contributed by atoms with E-state index in [1.165, 1.54) is 10.5 Å². The van der Waals surface area contributed by atoms with Gasteiger partial charge < -0.3 is 5.32 Å². The summed E-state index contributed by atoms with van der Waals surface area (Å²) in [6, 6.07) is 8.64. The average Bonchev–Trinajstić information content (AvgIpc) is 2.18. The molecular weight excluding hydrogens is 202 g/mol. The summed E-state index contributed by atoms with van der Waals surface area (Å²) in [5.74, 6) is 0. The molecule has 2 heteroatoms. The molecule has 0 heterocycles. The van der Waals surface area contributed by atoms with Crippen molar-refractivity contribution in [3.05, 3.63) is 42.5 Å². The maximum atomic E-state index is 3.68. The van der Waals surface area contributed by atoms with Crippen LogP contribution >= 0.6 is 11.8 Å². The Labute approximate surface area is 97.0 Å². The van der Waals surface area contributed by atoms with Crippen molar-refractivity contribution < 1.29 is 0 Å². The number of thioether (sulfide) groups is 1. The van der Waals surface area contributed by atoms with Crippen molar-refractivity contribution in [1.29, 1.82) is 0 Å². The largest absolute Gasteiger partial charge is 0.312 e. The molecule has 0 spiro atoms. The van der Waals surface area contributed by atoms with Crippen LogP contribution in [0.4, 0.5) is 0 Å². The summed E-state index contributed by atoms with van der Waals surface area (Å²) in [4.78, 5) is 1.35. The van der Waals surface area contributed by atoms with Crippen molar-refractivity contribution in [1.82, 2.24) is 5.32 Å². The second-order valence-electron chi connectivity index (χ2n) is 3.69. The Kier molecular flexibility index (Phi) is 5.51. The van der Waals surface area contributed by atoms with Crippen molar-refractivity contribution in [2.75, 3.05) is 13.1 Å². The molecule has 0 saturated carbocycles. The molecule has 0 aliphatic carbocycles. The molecule has 0 amide bonds. The molecule has 15 heavy (non-hydrogen) atoms. The SMILES string of the molecule is C=CCNCC(C)Sc1cccc(C)c1. The zero-order valence-electron chi connectivity index (χ0n) is 9.49. The molecule has 0 bridgehead atoms. The van der Waals surface area contributed by atoms with Crippen molar-refractivity contribution >= 4 is 11.8 Å². The van der Waals surface area contributed by atoms with Gasteiger partial charge in [0.2, 0.25) is 0 Å². The van der Waals surface area contributed by atoms with Gasteiger partial charge in [-0.2, -0.15) is 0 Å². The first-order valence-corrected chi connectivity index (χ1v) is 6.15. The second-order valence-corrected chi connectivity index (χ2v) is 5.20. The van der Waals surface area contributed by atoms with E-state index in [-0.39, 0.29) is 0 Å². The van der Waals surface area contributed by atoms with Crippen LogP contribution in [0.15, 0.2) is 41.8 Å². The second kappa shape index (κ2) is 6.70. The Morgan fingerprint density at radius 1 is 1.53 bits per heavy atom. The lowest BCUT2D eigenvalue weighted by atomic mass is 10.2. The molecule has 1 aromatic rings. The van der Waals surface area contributed by atoms with E-state index in [1.54, 1.807) is 0 Å². The molecule has 0 aliphatic heterocycles. The van der Waals surface area contributed by atoms with Crippen molar-refractivity contribution in [2.24, 2.45) is 0 Å². The van der Waals surface area contributed by atoms with Crippen LogP contribution in [0.1, 0.15) is 12.5 Å². The predicted molar refractivity (Wildman–Crippen MR) is 69.6 cm³/mol. The Bertz CT molecular complexity index is 309. The van der Waals surface area contributed by atoms with E-state index < -0.39 is 0 Å². The highest BCUT2D eigenvalue weighted by molar-refractivity contribution is 8.00. The lowest BCUT2D eigenvalue weighted by Gasteiger charge is -2.11. The topological polar surface area (TPSA) is 12.0 Å². The van der Waals surface area contributed by atoms with Crippen molar-refractivity contribution in [2.45, 2.75) is 24.0 Å². The standard InChI is InChI=1S/C13H19NS/c1-4-8-14-10-12(3)15-13-7-5-6-11(2)9-13/h4-7,9,12,14H,1,8,10H2,2-3H3. The normalized spacial score (nSPS) is 12.4. The Balaban J connectivity index is 2.37. The highest BCUT2D eigenvalue weighted by atomic mass is 32.2. The van der Waals surface area contributed by atoms with E-state index in [9.17, 15) is 0 Å². The first kappa shape index (κ1) is 12.3. The van der Waals surface area contributed by atoms with Crippen LogP contribution in [0.25, 0.3) is 0 Å². The van der Waals surface area contributed by atoms with Gasteiger partial charge in [-0.25, -0.2) is 0 Å². The number of aryl methyl sites for hydroxylation is 1. The van der Waals surface area contributed by atoms with Gasteiger partial charge in [0.1, 0.15) is 0 Å². The molecule has 0 saturated heterocycles. The van der Waals surface area contributed by atoms with Crippen LogP contribution in [0.2, 0.25) is 0 Å². The number of hydrogen-bond acceptors (Lipinski definition) is 2. The molecule has 0 fully saturated rings. The number of nitrogens with one attached hydrogen (secondary N) is 1. The van der Waals surface area contributed by atoms with Crippen LogP contribution in [0, 0.1) is 6.92 Å². The Morgan fingerprint density at radius 3 is 3.00 bits per heavy atom. The van der Waals surface area contributed by atoms with Gasteiger partial charge in [0, 0.05) is 23.2 Å². The summed E-state index contributed by atoms with van der Waals surface area (Å²) in [5, 5.41) is 3.92. The quantitative estimate of drug-likeness (QED) is 0.449. The van der Waals surface area contributed by atoms with Gasteiger partial charge in [0.25, 0.3) is 0 Å². The fourth-order valence-electron chi connectivity index (χ4n) is 1.35. The number of rotatable bonds is 6. The van der Waals surface area contributed by atoms with E-state index in [4.69, 9.17) is 0 Å². The average molecular weight is 221 g/mol. The minimum absolute atomic E-state index is 0.590. The van der Waals surface area contributed by atoms with Gasteiger partial charge in [-0.15, -0.1) is 18.3 Å². The lowest BCUT2D eigenvalue weighted by Crippen LogP contribution is -2.22. The summed E-state index contributed by atoms with van der Waals surface area (Å²) in [7, 11) is 0. The summed E-state index contributed by atoms with van der Waals surface area (Å²) in [5.41, 5.74) is 1.33. The van der Waals surface area contributed by atoms with Crippen molar-refractivity contribution in [3.63, 3.8) is 0 Å². The summed E-state index contributed by atoms with van der Waals surface area (Å²) < 4.78 is 0. The van der Waals surface area contributed by atoms with Crippen LogP contribution in [-0.4, -0.2) is 18.3 Å². The third-order valence-corrected chi connectivity index (χ3v) is 3.14. The zero-order valence-corrected chi connectivity index (χ0v) is 10.3. The lowest BCUT2D eigenvalue weighted by molar-refractivity contribution is 0.740. The van der Waals surface area contributed by atoms with Crippen LogP contribution in [-0.2, 0) is 0 Å². The molecule has 1 N–H and O–H groups in total. The van der Waals surface area contributed by atoms with E-state index in [1.807, 2.05) is 17.8 Å². The summed E-state index contributed by atoms with van der Waals surface area (Å²) in [6.45, 7) is 9.96. The third-order valence-electron chi connectivity index (χ3n) is 2.05. The van der Waals surface area contributed by atoms with Gasteiger partial charge in [0.05, 0.1) is 0 Å². The first-order valence-electron chi connectivity index (χ1n) is 5.27. The van der Waals surface area contributed by atoms with Crippen LogP contribution < -0.4 is 5.32 Å². The molecule has 1 rings (SSSR count). The van der Waals surface area contributed by atoms with Gasteiger partial charge >= 0.3 is 0 Å². The predicted octanol–water partition coefficient (Wildman–Crippen LogP) is 3.25. The minimum Gasteiger partial charge on any atom is -0.312 e. The van der Waals surface area contributed by atoms with E-state index >= 15 is 0 Å². The van der Waals surface area contributed by atoms with Gasteiger partial charge in [-0.05, 0) is 19.1 Å². The maximum absolute atomic E-state index is 3.68.